The van der Waals surface area contributed by atoms with Crippen molar-refractivity contribution in [3.05, 3.63) is 78.1 Å². The van der Waals surface area contributed by atoms with Crippen molar-refractivity contribution in [1.82, 2.24) is 14.9 Å². The standard InChI is InChI=1S/C27H29N3O/c1-19(28-27(31)21-11-3-2-4-12-21)26-29-24-16-7-8-17-25(24)30(26)18-22-14-9-13-20-10-5-6-15-23(20)22/h5-10,13-17,19,21H,2-4,11-12,18H2,1H3,(H,28,31). The number of amides is 1. The Kier molecular flexibility index (Phi) is 5.46. The van der Waals surface area contributed by atoms with Gasteiger partial charge in [0.2, 0.25) is 5.91 Å². The van der Waals surface area contributed by atoms with E-state index in [1.54, 1.807) is 0 Å². The third kappa shape index (κ3) is 3.95. The number of carbonyl (C=O) groups is 1. The van der Waals surface area contributed by atoms with Crippen molar-refractivity contribution >= 4 is 27.7 Å². The molecule has 1 amide bonds. The number of imidazole rings is 1. The van der Waals surface area contributed by atoms with Gasteiger partial charge in [-0.25, -0.2) is 4.98 Å². The Bertz CT molecular complexity index is 1210. The minimum absolute atomic E-state index is 0.142. The molecule has 158 valence electrons. The predicted molar refractivity (Wildman–Crippen MR) is 126 cm³/mol. The molecule has 1 saturated carbocycles. The van der Waals surface area contributed by atoms with Gasteiger partial charge >= 0.3 is 0 Å². The topological polar surface area (TPSA) is 46.9 Å². The normalized spacial score (nSPS) is 15.9. The molecule has 1 atom stereocenters. The van der Waals surface area contributed by atoms with Crippen LogP contribution in [0.1, 0.15) is 56.5 Å². The zero-order chi connectivity index (χ0) is 21.2. The predicted octanol–water partition coefficient (Wildman–Crippen LogP) is 6.00. The molecule has 4 heteroatoms. The Balaban J connectivity index is 1.50. The van der Waals surface area contributed by atoms with E-state index in [0.717, 1.165) is 49.1 Å². The van der Waals surface area contributed by atoms with Crippen LogP contribution >= 0.6 is 0 Å². The molecule has 1 aliphatic carbocycles. The van der Waals surface area contributed by atoms with E-state index in [-0.39, 0.29) is 17.9 Å². The van der Waals surface area contributed by atoms with Crippen LogP contribution in [-0.2, 0) is 11.3 Å². The molecule has 1 unspecified atom stereocenters. The number of fused-ring (bicyclic) bond motifs is 2. The van der Waals surface area contributed by atoms with E-state index >= 15 is 0 Å². The minimum Gasteiger partial charge on any atom is -0.346 e. The van der Waals surface area contributed by atoms with Gasteiger partial charge in [0.15, 0.2) is 0 Å². The van der Waals surface area contributed by atoms with Gasteiger partial charge in [-0.15, -0.1) is 0 Å². The summed E-state index contributed by atoms with van der Waals surface area (Å²) < 4.78 is 2.27. The molecule has 1 fully saturated rings. The van der Waals surface area contributed by atoms with Crippen molar-refractivity contribution in [3.8, 4) is 0 Å². The first kappa shape index (κ1) is 19.8. The second-order valence-corrected chi connectivity index (χ2v) is 8.75. The third-order valence-corrected chi connectivity index (χ3v) is 6.61. The van der Waals surface area contributed by atoms with Gasteiger partial charge in [-0.2, -0.15) is 0 Å². The number of para-hydroxylation sites is 2. The van der Waals surface area contributed by atoms with Crippen LogP contribution < -0.4 is 5.32 Å². The van der Waals surface area contributed by atoms with E-state index in [0.29, 0.717) is 0 Å². The zero-order valence-electron chi connectivity index (χ0n) is 18.1. The molecule has 5 rings (SSSR count). The van der Waals surface area contributed by atoms with Crippen LogP contribution in [0.3, 0.4) is 0 Å². The molecule has 4 aromatic rings. The van der Waals surface area contributed by atoms with Crippen LogP contribution in [0.15, 0.2) is 66.7 Å². The van der Waals surface area contributed by atoms with Crippen LogP contribution in [0.4, 0.5) is 0 Å². The molecule has 4 nitrogen and oxygen atoms in total. The molecule has 31 heavy (non-hydrogen) atoms. The molecule has 0 bridgehead atoms. The molecule has 0 saturated heterocycles. The number of hydrogen-bond donors (Lipinski definition) is 1. The second-order valence-electron chi connectivity index (χ2n) is 8.75. The summed E-state index contributed by atoms with van der Waals surface area (Å²) in [6.45, 7) is 2.78. The Morgan fingerprint density at radius 2 is 1.74 bits per heavy atom. The maximum Gasteiger partial charge on any atom is 0.223 e. The molecule has 1 aromatic heterocycles. The summed E-state index contributed by atoms with van der Waals surface area (Å²) in [5.74, 6) is 1.24. The lowest BCUT2D eigenvalue weighted by Gasteiger charge is -2.23. The number of aromatic nitrogens is 2. The van der Waals surface area contributed by atoms with Crippen LogP contribution in [0.25, 0.3) is 21.8 Å². The van der Waals surface area contributed by atoms with Gasteiger partial charge in [0.05, 0.1) is 23.6 Å². The highest BCUT2D eigenvalue weighted by molar-refractivity contribution is 5.86. The van der Waals surface area contributed by atoms with Crippen molar-refractivity contribution in [3.63, 3.8) is 0 Å². The number of hydrogen-bond acceptors (Lipinski definition) is 2. The minimum atomic E-state index is -0.142. The van der Waals surface area contributed by atoms with Gasteiger partial charge in [0.1, 0.15) is 5.82 Å². The number of nitrogens with one attached hydrogen (secondary N) is 1. The van der Waals surface area contributed by atoms with Crippen LogP contribution in [-0.4, -0.2) is 15.5 Å². The van der Waals surface area contributed by atoms with Crippen LogP contribution in [0.2, 0.25) is 0 Å². The molecule has 0 radical (unpaired) electrons. The molecule has 0 aliphatic heterocycles. The molecule has 3 aromatic carbocycles. The van der Waals surface area contributed by atoms with Gasteiger partial charge in [0.25, 0.3) is 0 Å². The number of benzene rings is 3. The average molecular weight is 412 g/mol. The van der Waals surface area contributed by atoms with Crippen LogP contribution in [0.5, 0.6) is 0 Å². The lowest BCUT2D eigenvalue weighted by Crippen LogP contribution is -2.35. The number of rotatable bonds is 5. The van der Waals surface area contributed by atoms with Gasteiger partial charge in [-0.05, 0) is 48.2 Å². The first-order chi connectivity index (χ1) is 15.2. The van der Waals surface area contributed by atoms with E-state index in [4.69, 9.17) is 4.98 Å². The maximum atomic E-state index is 12.9. The lowest BCUT2D eigenvalue weighted by atomic mass is 9.88. The van der Waals surface area contributed by atoms with E-state index in [1.165, 1.54) is 22.8 Å². The molecule has 1 aliphatic rings. The van der Waals surface area contributed by atoms with Gasteiger partial charge < -0.3 is 9.88 Å². The monoisotopic (exact) mass is 411 g/mol. The van der Waals surface area contributed by atoms with E-state index in [1.807, 2.05) is 12.1 Å². The fourth-order valence-corrected chi connectivity index (χ4v) is 4.95. The molecule has 1 heterocycles. The highest BCUT2D eigenvalue weighted by Crippen LogP contribution is 2.27. The maximum absolute atomic E-state index is 12.9. The summed E-state index contributed by atoms with van der Waals surface area (Å²) in [5, 5.41) is 5.77. The quantitative estimate of drug-likeness (QED) is 0.438. The molecular formula is C27H29N3O. The van der Waals surface area contributed by atoms with Gasteiger partial charge in [0, 0.05) is 5.92 Å². The lowest BCUT2D eigenvalue weighted by molar-refractivity contribution is -0.126. The zero-order valence-corrected chi connectivity index (χ0v) is 18.1. The summed E-state index contributed by atoms with van der Waals surface area (Å²) in [7, 11) is 0. The Hall–Kier alpha value is -3.14. The first-order valence-corrected chi connectivity index (χ1v) is 11.4. The summed E-state index contributed by atoms with van der Waals surface area (Å²) in [4.78, 5) is 17.8. The Morgan fingerprint density at radius 3 is 2.61 bits per heavy atom. The molecular weight excluding hydrogens is 382 g/mol. The second kappa shape index (κ2) is 8.54. The first-order valence-electron chi connectivity index (χ1n) is 11.4. The summed E-state index contributed by atoms with van der Waals surface area (Å²) in [6.07, 6.45) is 5.58. The Labute approximate surface area is 183 Å². The van der Waals surface area contributed by atoms with E-state index < -0.39 is 0 Å². The van der Waals surface area contributed by atoms with Crippen LogP contribution in [0, 0.1) is 5.92 Å². The largest absolute Gasteiger partial charge is 0.346 e. The van der Waals surface area contributed by atoms with Crippen molar-refractivity contribution in [2.24, 2.45) is 5.92 Å². The molecule has 1 N–H and O–H groups in total. The summed E-state index contributed by atoms with van der Waals surface area (Å²) >= 11 is 0. The molecule has 0 spiro atoms. The smallest absolute Gasteiger partial charge is 0.223 e. The number of nitrogens with zero attached hydrogens (tertiary/aromatic N) is 2. The van der Waals surface area contributed by atoms with Gasteiger partial charge in [-0.1, -0.05) is 73.9 Å². The summed E-state index contributed by atoms with van der Waals surface area (Å²) in [5.41, 5.74) is 3.33. The SMILES string of the molecule is CC(NC(=O)C1CCCCC1)c1nc2ccccc2n1Cc1cccc2ccccc12. The van der Waals surface area contributed by atoms with Crippen molar-refractivity contribution in [1.29, 1.82) is 0 Å². The van der Waals surface area contributed by atoms with Crippen molar-refractivity contribution in [2.75, 3.05) is 0 Å². The fourth-order valence-electron chi connectivity index (χ4n) is 4.95. The highest BCUT2D eigenvalue weighted by Gasteiger charge is 2.25. The average Bonchev–Trinajstić information content (AvgIpc) is 3.18. The third-order valence-electron chi connectivity index (χ3n) is 6.61. The van der Waals surface area contributed by atoms with Crippen molar-refractivity contribution < 1.29 is 4.79 Å². The highest BCUT2D eigenvalue weighted by atomic mass is 16.1. The summed E-state index contributed by atoms with van der Waals surface area (Å²) in [6, 6.07) is 23.0. The number of carbonyl (C=O) groups excluding carboxylic acids is 1. The van der Waals surface area contributed by atoms with Crippen molar-refractivity contribution in [2.45, 2.75) is 51.6 Å². The van der Waals surface area contributed by atoms with Gasteiger partial charge in [-0.3, -0.25) is 4.79 Å². The fraction of sp³-hybridized carbons (Fsp3) is 0.333. The van der Waals surface area contributed by atoms with E-state index in [2.05, 4.69) is 71.4 Å². The van der Waals surface area contributed by atoms with E-state index in [9.17, 15) is 4.79 Å². The Morgan fingerprint density at radius 1 is 1.00 bits per heavy atom.